The molecule has 112 valence electrons. The number of nitrogens with one attached hydrogen (secondary N) is 2. The Hall–Kier alpha value is -0.330. The highest BCUT2D eigenvalue weighted by Gasteiger charge is 2.34. The van der Waals surface area contributed by atoms with Gasteiger partial charge in [-0.15, -0.1) is 0 Å². The van der Waals surface area contributed by atoms with Crippen LogP contribution in [0.25, 0.3) is 0 Å². The van der Waals surface area contributed by atoms with E-state index >= 15 is 0 Å². The zero-order chi connectivity index (χ0) is 13.7. The molecule has 2 heterocycles. The highest BCUT2D eigenvalue weighted by atomic mass is 19.4. The molecule has 0 aromatic heterocycles. The molecule has 0 aromatic carbocycles. The van der Waals surface area contributed by atoms with Gasteiger partial charge in [-0.1, -0.05) is 0 Å². The summed E-state index contributed by atoms with van der Waals surface area (Å²) in [6, 6.07) is 0.534. The summed E-state index contributed by atoms with van der Waals surface area (Å²) in [5, 5.41) is 6.90. The molecule has 2 atom stereocenters. The lowest BCUT2D eigenvalue weighted by Gasteiger charge is -2.20. The summed E-state index contributed by atoms with van der Waals surface area (Å²) in [4.78, 5) is 1.53. The highest BCUT2D eigenvalue weighted by molar-refractivity contribution is 4.81. The molecular formula is C13H24F3N3. The number of hydrogen-bond acceptors (Lipinski definition) is 3. The first-order chi connectivity index (χ1) is 9.03. The third-order valence-corrected chi connectivity index (χ3v) is 4.04. The quantitative estimate of drug-likeness (QED) is 0.818. The molecule has 0 aromatic rings. The summed E-state index contributed by atoms with van der Waals surface area (Å²) < 4.78 is 36.9. The van der Waals surface area contributed by atoms with Crippen LogP contribution in [0.3, 0.4) is 0 Å². The Kier molecular flexibility index (Phi) is 5.47. The molecule has 19 heavy (non-hydrogen) atoms. The standard InChI is InChI=1S/C13H24F3N3/c14-13(15,16)10-19-7-4-11(9-19)8-18-12-2-1-5-17-6-3-12/h11-12,17-18H,1-10H2. The first-order valence-corrected chi connectivity index (χ1v) is 7.26. The topological polar surface area (TPSA) is 27.3 Å². The Bertz CT molecular complexity index is 262. The fourth-order valence-electron chi connectivity index (χ4n) is 3.03. The third-order valence-electron chi connectivity index (χ3n) is 4.04. The Morgan fingerprint density at radius 2 is 2.00 bits per heavy atom. The highest BCUT2D eigenvalue weighted by Crippen LogP contribution is 2.22. The van der Waals surface area contributed by atoms with Gasteiger partial charge in [0.15, 0.2) is 0 Å². The summed E-state index contributed by atoms with van der Waals surface area (Å²) in [5.74, 6) is 0.374. The number of hydrogen-bond donors (Lipinski definition) is 2. The van der Waals surface area contributed by atoms with E-state index in [0.29, 0.717) is 25.0 Å². The van der Waals surface area contributed by atoms with Crippen LogP contribution in [0.5, 0.6) is 0 Å². The lowest BCUT2D eigenvalue weighted by Crippen LogP contribution is -2.36. The smallest absolute Gasteiger partial charge is 0.317 e. The molecule has 2 fully saturated rings. The van der Waals surface area contributed by atoms with E-state index in [0.717, 1.165) is 32.5 Å². The van der Waals surface area contributed by atoms with Crippen molar-refractivity contribution in [2.24, 2.45) is 5.92 Å². The molecule has 2 rings (SSSR count). The van der Waals surface area contributed by atoms with Gasteiger partial charge in [-0.25, -0.2) is 0 Å². The SMILES string of the molecule is FC(F)(F)CN1CCC(CNC2CCCNCC2)C1. The summed E-state index contributed by atoms with van der Waals surface area (Å²) >= 11 is 0. The molecule has 2 aliphatic rings. The van der Waals surface area contributed by atoms with Crippen molar-refractivity contribution in [1.82, 2.24) is 15.5 Å². The van der Waals surface area contributed by atoms with Crippen LogP contribution < -0.4 is 10.6 Å². The second-order valence-corrected chi connectivity index (χ2v) is 5.79. The molecule has 2 unspecified atom stereocenters. The summed E-state index contributed by atoms with van der Waals surface area (Å²) in [7, 11) is 0. The van der Waals surface area contributed by atoms with Crippen molar-refractivity contribution >= 4 is 0 Å². The molecular weight excluding hydrogens is 255 g/mol. The van der Waals surface area contributed by atoms with E-state index < -0.39 is 12.7 Å². The minimum absolute atomic E-state index is 0.374. The van der Waals surface area contributed by atoms with Gasteiger partial charge in [0.25, 0.3) is 0 Å². The molecule has 2 N–H and O–H groups in total. The van der Waals surface area contributed by atoms with Crippen molar-refractivity contribution in [3.63, 3.8) is 0 Å². The van der Waals surface area contributed by atoms with Crippen molar-refractivity contribution in [2.75, 3.05) is 39.3 Å². The van der Waals surface area contributed by atoms with Crippen LogP contribution in [-0.2, 0) is 0 Å². The van der Waals surface area contributed by atoms with Crippen LogP contribution in [0.2, 0.25) is 0 Å². The third kappa shape index (κ3) is 5.67. The second kappa shape index (κ2) is 6.90. The lowest BCUT2D eigenvalue weighted by atomic mass is 10.1. The predicted octanol–water partition coefficient (Wildman–Crippen LogP) is 1.60. The van der Waals surface area contributed by atoms with E-state index in [-0.39, 0.29) is 0 Å². The minimum Gasteiger partial charge on any atom is -0.317 e. The van der Waals surface area contributed by atoms with Gasteiger partial charge in [0.1, 0.15) is 0 Å². The molecule has 0 saturated carbocycles. The molecule has 0 aliphatic carbocycles. The Labute approximate surface area is 112 Å². The van der Waals surface area contributed by atoms with E-state index in [1.807, 2.05) is 0 Å². The number of likely N-dealkylation sites (tertiary alicyclic amines) is 1. The van der Waals surface area contributed by atoms with Gasteiger partial charge in [-0.2, -0.15) is 13.2 Å². The van der Waals surface area contributed by atoms with E-state index in [1.54, 1.807) is 0 Å². The summed E-state index contributed by atoms with van der Waals surface area (Å²) in [5.41, 5.74) is 0. The van der Waals surface area contributed by atoms with E-state index in [1.165, 1.54) is 17.7 Å². The molecule has 0 amide bonds. The van der Waals surface area contributed by atoms with Crippen molar-refractivity contribution < 1.29 is 13.2 Å². The zero-order valence-corrected chi connectivity index (χ0v) is 11.3. The van der Waals surface area contributed by atoms with Crippen molar-refractivity contribution in [2.45, 2.75) is 37.9 Å². The molecule has 0 radical (unpaired) electrons. The first-order valence-electron chi connectivity index (χ1n) is 7.26. The monoisotopic (exact) mass is 279 g/mol. The van der Waals surface area contributed by atoms with Crippen LogP contribution in [0.1, 0.15) is 25.7 Å². The minimum atomic E-state index is -4.06. The number of alkyl halides is 3. The van der Waals surface area contributed by atoms with E-state index in [9.17, 15) is 13.2 Å². The van der Waals surface area contributed by atoms with Gasteiger partial charge in [0.05, 0.1) is 6.54 Å². The Morgan fingerprint density at radius 3 is 2.79 bits per heavy atom. The molecule has 0 bridgehead atoms. The van der Waals surface area contributed by atoms with Crippen LogP contribution in [-0.4, -0.2) is 56.4 Å². The normalized spacial score (nSPS) is 30.5. The maximum absolute atomic E-state index is 12.3. The van der Waals surface area contributed by atoms with Gasteiger partial charge >= 0.3 is 6.18 Å². The summed E-state index contributed by atoms with van der Waals surface area (Å²) in [6.45, 7) is 3.40. The average molecular weight is 279 g/mol. The number of halogens is 3. The second-order valence-electron chi connectivity index (χ2n) is 5.79. The predicted molar refractivity (Wildman–Crippen MR) is 69.1 cm³/mol. The maximum atomic E-state index is 12.3. The van der Waals surface area contributed by atoms with Gasteiger partial charge in [-0.05, 0) is 57.8 Å². The fourth-order valence-corrected chi connectivity index (χ4v) is 3.03. The molecule has 3 nitrogen and oxygen atoms in total. The van der Waals surface area contributed by atoms with Gasteiger partial charge < -0.3 is 10.6 Å². The van der Waals surface area contributed by atoms with Crippen molar-refractivity contribution in [3.05, 3.63) is 0 Å². The van der Waals surface area contributed by atoms with Crippen LogP contribution >= 0.6 is 0 Å². The largest absolute Gasteiger partial charge is 0.401 e. The van der Waals surface area contributed by atoms with Gasteiger partial charge in [0.2, 0.25) is 0 Å². The van der Waals surface area contributed by atoms with Crippen LogP contribution in [0.15, 0.2) is 0 Å². The maximum Gasteiger partial charge on any atom is 0.401 e. The summed E-state index contributed by atoms with van der Waals surface area (Å²) in [6.07, 6.45) is 0.302. The Morgan fingerprint density at radius 1 is 1.16 bits per heavy atom. The molecule has 0 spiro atoms. The van der Waals surface area contributed by atoms with Crippen molar-refractivity contribution in [3.8, 4) is 0 Å². The molecule has 6 heteroatoms. The lowest BCUT2D eigenvalue weighted by molar-refractivity contribution is -0.143. The zero-order valence-electron chi connectivity index (χ0n) is 11.3. The van der Waals surface area contributed by atoms with Crippen LogP contribution in [0, 0.1) is 5.92 Å². The number of nitrogens with zero attached hydrogens (tertiary/aromatic N) is 1. The van der Waals surface area contributed by atoms with Crippen molar-refractivity contribution in [1.29, 1.82) is 0 Å². The molecule has 2 saturated heterocycles. The first kappa shape index (κ1) is 15.1. The average Bonchev–Trinajstić information content (AvgIpc) is 2.60. The molecule has 2 aliphatic heterocycles. The van der Waals surface area contributed by atoms with E-state index in [2.05, 4.69) is 10.6 Å². The number of rotatable bonds is 4. The van der Waals surface area contributed by atoms with E-state index in [4.69, 9.17) is 0 Å². The fraction of sp³-hybridized carbons (Fsp3) is 1.00. The van der Waals surface area contributed by atoms with Gasteiger partial charge in [-0.3, -0.25) is 4.90 Å². The van der Waals surface area contributed by atoms with Gasteiger partial charge in [0, 0.05) is 12.6 Å². The Balaban J connectivity index is 1.64. The van der Waals surface area contributed by atoms with Crippen LogP contribution in [0.4, 0.5) is 13.2 Å².